The zero-order valence-corrected chi connectivity index (χ0v) is 19.0. The van der Waals surface area contributed by atoms with E-state index in [0.717, 1.165) is 27.8 Å². The van der Waals surface area contributed by atoms with Crippen molar-refractivity contribution >= 4 is 5.69 Å². The van der Waals surface area contributed by atoms with Gasteiger partial charge in [0.25, 0.3) is 0 Å². The second-order valence-electron chi connectivity index (χ2n) is 8.34. The van der Waals surface area contributed by atoms with Crippen LogP contribution in [0.3, 0.4) is 0 Å². The van der Waals surface area contributed by atoms with Crippen LogP contribution in [0.15, 0.2) is 84.9 Å². The van der Waals surface area contributed by atoms with Crippen LogP contribution in [0.1, 0.15) is 16.7 Å². The van der Waals surface area contributed by atoms with Gasteiger partial charge in [-0.3, -0.25) is 0 Å². The van der Waals surface area contributed by atoms with Gasteiger partial charge in [-0.15, -0.1) is 0 Å². The number of aryl methyl sites for hydroxylation is 2. The van der Waals surface area contributed by atoms with Crippen LogP contribution < -0.4 is 9.64 Å². The molecule has 0 fully saturated rings. The molecular weight excluding hydrogens is 397 g/mol. The first-order chi connectivity index (χ1) is 15.4. The van der Waals surface area contributed by atoms with E-state index in [-0.39, 0.29) is 11.6 Å². The van der Waals surface area contributed by atoms with Gasteiger partial charge in [-0.1, -0.05) is 60.7 Å². The molecule has 4 aromatic rings. The Morgan fingerprint density at radius 3 is 1.91 bits per heavy atom. The van der Waals surface area contributed by atoms with E-state index in [1.54, 1.807) is 12.1 Å². The number of halogens is 1. The van der Waals surface area contributed by atoms with Gasteiger partial charge in [-0.05, 0) is 77.1 Å². The fourth-order valence-electron chi connectivity index (χ4n) is 3.90. The van der Waals surface area contributed by atoms with Gasteiger partial charge >= 0.3 is 0 Å². The van der Waals surface area contributed by atoms with Crippen molar-refractivity contribution in [3.63, 3.8) is 0 Å². The van der Waals surface area contributed by atoms with E-state index >= 15 is 0 Å². The number of benzene rings is 4. The minimum Gasteiger partial charge on any atom is -0.486 e. The number of ether oxygens (including phenoxy) is 1. The Bertz CT molecular complexity index is 1210. The van der Waals surface area contributed by atoms with E-state index in [0.29, 0.717) is 6.61 Å². The van der Waals surface area contributed by atoms with Crippen LogP contribution in [0.25, 0.3) is 22.3 Å². The van der Waals surface area contributed by atoms with E-state index in [1.807, 2.05) is 50.5 Å². The quantitative estimate of drug-likeness (QED) is 0.319. The molecule has 0 heterocycles. The summed E-state index contributed by atoms with van der Waals surface area (Å²) in [6.45, 7) is 4.52. The number of hydrogen-bond acceptors (Lipinski definition) is 2. The van der Waals surface area contributed by atoms with Crippen molar-refractivity contribution in [2.45, 2.75) is 20.5 Å². The molecule has 0 N–H and O–H groups in total. The summed E-state index contributed by atoms with van der Waals surface area (Å²) in [5.74, 6) is -0.0802. The maximum absolute atomic E-state index is 14.8. The maximum atomic E-state index is 14.8. The smallest absolute Gasteiger partial charge is 0.165 e. The number of rotatable bonds is 6. The molecule has 0 bridgehead atoms. The first kappa shape index (κ1) is 21.6. The molecule has 4 rings (SSSR count). The highest BCUT2D eigenvalue weighted by atomic mass is 19.1. The lowest BCUT2D eigenvalue weighted by Gasteiger charge is -2.16. The highest BCUT2D eigenvalue weighted by Crippen LogP contribution is 2.34. The van der Waals surface area contributed by atoms with Gasteiger partial charge in [0, 0.05) is 19.8 Å². The SMILES string of the molecule is Cc1cc(-c2ccc(OCc3ccccc3)c(F)c2)c(C)cc1-c1ccc(N(C)C)cc1. The van der Waals surface area contributed by atoms with Crippen molar-refractivity contribution in [2.75, 3.05) is 19.0 Å². The minimum atomic E-state index is -0.348. The average Bonchev–Trinajstić information content (AvgIpc) is 2.80. The first-order valence-corrected chi connectivity index (χ1v) is 10.8. The molecule has 162 valence electrons. The Morgan fingerprint density at radius 1 is 0.719 bits per heavy atom. The molecule has 0 unspecified atom stereocenters. The molecular formula is C29H28FNO. The van der Waals surface area contributed by atoms with E-state index in [4.69, 9.17) is 4.74 Å². The van der Waals surface area contributed by atoms with Gasteiger partial charge in [0.15, 0.2) is 11.6 Å². The minimum absolute atomic E-state index is 0.268. The molecule has 0 atom stereocenters. The third-order valence-electron chi connectivity index (χ3n) is 5.75. The lowest BCUT2D eigenvalue weighted by Crippen LogP contribution is -2.07. The number of nitrogens with zero attached hydrogens (tertiary/aromatic N) is 1. The van der Waals surface area contributed by atoms with Crippen molar-refractivity contribution in [1.82, 2.24) is 0 Å². The van der Waals surface area contributed by atoms with Gasteiger partial charge in [0.1, 0.15) is 6.61 Å². The molecule has 2 nitrogen and oxygen atoms in total. The molecule has 0 amide bonds. The highest BCUT2D eigenvalue weighted by molar-refractivity contribution is 5.77. The van der Waals surface area contributed by atoms with Crippen LogP contribution in [0.4, 0.5) is 10.1 Å². The summed E-state index contributed by atoms with van der Waals surface area (Å²) in [5.41, 5.74) is 8.71. The maximum Gasteiger partial charge on any atom is 0.165 e. The normalized spacial score (nSPS) is 10.8. The molecule has 0 saturated carbocycles. The van der Waals surface area contributed by atoms with E-state index in [1.165, 1.54) is 16.8 Å². The lowest BCUT2D eigenvalue weighted by atomic mass is 9.92. The van der Waals surface area contributed by atoms with Crippen molar-refractivity contribution in [1.29, 1.82) is 0 Å². The van der Waals surface area contributed by atoms with Crippen molar-refractivity contribution < 1.29 is 9.13 Å². The van der Waals surface area contributed by atoms with Gasteiger partial charge in [-0.25, -0.2) is 4.39 Å². The Hall–Kier alpha value is -3.59. The zero-order chi connectivity index (χ0) is 22.7. The summed E-state index contributed by atoms with van der Waals surface area (Å²) >= 11 is 0. The lowest BCUT2D eigenvalue weighted by molar-refractivity contribution is 0.290. The molecule has 4 aromatic carbocycles. The number of hydrogen-bond donors (Lipinski definition) is 0. The first-order valence-electron chi connectivity index (χ1n) is 10.8. The topological polar surface area (TPSA) is 12.5 Å². The van der Waals surface area contributed by atoms with Gasteiger partial charge in [-0.2, -0.15) is 0 Å². The van der Waals surface area contributed by atoms with E-state index < -0.39 is 0 Å². The highest BCUT2D eigenvalue weighted by Gasteiger charge is 2.12. The summed E-state index contributed by atoms with van der Waals surface area (Å²) < 4.78 is 20.5. The van der Waals surface area contributed by atoms with Crippen LogP contribution in [0.5, 0.6) is 5.75 Å². The monoisotopic (exact) mass is 425 g/mol. The summed E-state index contributed by atoms with van der Waals surface area (Å²) in [7, 11) is 4.08. The Labute approximate surface area is 189 Å². The van der Waals surface area contributed by atoms with Crippen LogP contribution in [0, 0.1) is 19.7 Å². The molecule has 32 heavy (non-hydrogen) atoms. The molecule has 0 radical (unpaired) electrons. The molecule has 0 spiro atoms. The van der Waals surface area contributed by atoms with Crippen LogP contribution in [-0.2, 0) is 6.61 Å². The Morgan fingerprint density at radius 2 is 1.31 bits per heavy atom. The van der Waals surface area contributed by atoms with Crippen molar-refractivity contribution in [2.24, 2.45) is 0 Å². The summed E-state index contributed by atoms with van der Waals surface area (Å²) in [6.07, 6.45) is 0. The fourth-order valence-corrected chi connectivity index (χ4v) is 3.90. The largest absolute Gasteiger partial charge is 0.486 e. The van der Waals surface area contributed by atoms with Crippen molar-refractivity contribution in [3.8, 4) is 28.0 Å². The van der Waals surface area contributed by atoms with Gasteiger partial charge in [0.05, 0.1) is 0 Å². The molecule has 3 heteroatoms. The molecule has 0 aromatic heterocycles. The molecule has 0 saturated heterocycles. The standard InChI is InChI=1S/C29H28FNO/c1-20-17-27(21(2)16-26(20)23-10-13-25(14-11-23)31(3)4)24-12-15-29(28(30)18-24)32-19-22-8-6-5-7-9-22/h5-18H,19H2,1-4H3. The zero-order valence-electron chi connectivity index (χ0n) is 19.0. The van der Waals surface area contributed by atoms with Crippen molar-refractivity contribution in [3.05, 3.63) is 107 Å². The van der Waals surface area contributed by atoms with Crippen LogP contribution in [0.2, 0.25) is 0 Å². The Kier molecular flexibility index (Phi) is 6.27. The van der Waals surface area contributed by atoms with Gasteiger partial charge in [0.2, 0.25) is 0 Å². The van der Waals surface area contributed by atoms with Crippen LogP contribution in [-0.4, -0.2) is 14.1 Å². The second-order valence-corrected chi connectivity index (χ2v) is 8.34. The predicted octanol–water partition coefficient (Wildman–Crippen LogP) is 7.42. The fraction of sp³-hybridized carbons (Fsp3) is 0.172. The second kappa shape index (κ2) is 9.27. The average molecular weight is 426 g/mol. The van der Waals surface area contributed by atoms with Crippen LogP contribution >= 0.6 is 0 Å². The number of anilines is 1. The molecule has 0 aliphatic carbocycles. The summed E-state index contributed by atoms with van der Waals surface area (Å²) in [5, 5.41) is 0. The predicted molar refractivity (Wildman–Crippen MR) is 132 cm³/mol. The molecule has 0 aliphatic heterocycles. The third-order valence-corrected chi connectivity index (χ3v) is 5.75. The summed E-state index contributed by atoms with van der Waals surface area (Å²) in [4.78, 5) is 2.09. The summed E-state index contributed by atoms with van der Waals surface area (Å²) in [6, 6.07) is 27.9. The van der Waals surface area contributed by atoms with Gasteiger partial charge < -0.3 is 9.64 Å². The molecule has 0 aliphatic rings. The Balaban J connectivity index is 1.58. The third kappa shape index (κ3) is 4.67. The van der Waals surface area contributed by atoms with E-state index in [2.05, 4.69) is 55.1 Å². The van der Waals surface area contributed by atoms with E-state index in [9.17, 15) is 4.39 Å².